The van der Waals surface area contributed by atoms with Crippen molar-refractivity contribution in [2.24, 2.45) is 0 Å². The molecule has 0 fully saturated rings. The van der Waals surface area contributed by atoms with Gasteiger partial charge in [-0.05, 0) is 17.5 Å². The van der Waals surface area contributed by atoms with Crippen LogP contribution in [-0.2, 0) is 5.41 Å². The molecule has 0 aliphatic heterocycles. The summed E-state index contributed by atoms with van der Waals surface area (Å²) in [6, 6.07) is 21.3. The van der Waals surface area contributed by atoms with Crippen molar-refractivity contribution in [3.05, 3.63) is 71.8 Å². The maximum absolute atomic E-state index is 4.60. The molecule has 17 heavy (non-hydrogen) atoms. The fraction of sp³-hybridized carbons (Fsp3) is 0.250. The summed E-state index contributed by atoms with van der Waals surface area (Å²) in [6.07, 6.45) is 1.06. The molecule has 2 aromatic rings. The van der Waals surface area contributed by atoms with Crippen LogP contribution in [0.2, 0.25) is 0 Å². The summed E-state index contributed by atoms with van der Waals surface area (Å²) in [6.45, 7) is 2.23. The van der Waals surface area contributed by atoms with Gasteiger partial charge in [0.2, 0.25) is 0 Å². The monoisotopic (exact) mass is 242 g/mol. The van der Waals surface area contributed by atoms with Crippen LogP contribution in [0.3, 0.4) is 0 Å². The van der Waals surface area contributed by atoms with E-state index < -0.39 is 0 Å². The van der Waals surface area contributed by atoms with Crippen molar-refractivity contribution < 1.29 is 0 Å². The third-order valence-electron chi connectivity index (χ3n) is 3.53. The second-order valence-corrected chi connectivity index (χ2v) is 4.64. The van der Waals surface area contributed by atoms with Gasteiger partial charge in [-0.3, -0.25) is 0 Å². The van der Waals surface area contributed by atoms with Crippen molar-refractivity contribution in [2.45, 2.75) is 18.8 Å². The molecule has 0 heterocycles. The van der Waals surface area contributed by atoms with Crippen molar-refractivity contribution in [1.82, 2.24) is 0 Å². The van der Waals surface area contributed by atoms with Gasteiger partial charge in [0.05, 0.1) is 0 Å². The molecule has 0 aromatic heterocycles. The van der Waals surface area contributed by atoms with E-state index in [0.717, 1.165) is 12.2 Å². The van der Waals surface area contributed by atoms with E-state index in [9.17, 15) is 0 Å². The predicted octanol–water partition coefficient (Wildman–Crippen LogP) is 4.31. The van der Waals surface area contributed by atoms with Crippen LogP contribution in [0.5, 0.6) is 0 Å². The average molecular weight is 242 g/mol. The lowest BCUT2D eigenvalue weighted by Gasteiger charge is -2.32. The highest BCUT2D eigenvalue weighted by Crippen LogP contribution is 2.36. The predicted molar refractivity (Wildman–Crippen MR) is 77.8 cm³/mol. The third-order valence-corrected chi connectivity index (χ3v) is 4.07. The smallest absolute Gasteiger partial charge is 0.0288 e. The van der Waals surface area contributed by atoms with E-state index in [1.807, 2.05) is 0 Å². The van der Waals surface area contributed by atoms with E-state index in [4.69, 9.17) is 0 Å². The molecule has 0 nitrogen and oxygen atoms in total. The summed E-state index contributed by atoms with van der Waals surface area (Å²) < 4.78 is 0. The Balaban J connectivity index is 2.54. The van der Waals surface area contributed by atoms with E-state index in [1.54, 1.807) is 0 Å². The molecule has 0 spiro atoms. The Hall–Kier alpha value is -1.21. The average Bonchev–Trinajstić information content (AvgIpc) is 2.43. The second kappa shape index (κ2) is 5.42. The Morgan fingerprint density at radius 1 is 0.824 bits per heavy atom. The summed E-state index contributed by atoms with van der Waals surface area (Å²) in [5, 5.41) is 0. The molecule has 2 rings (SSSR count). The van der Waals surface area contributed by atoms with Crippen LogP contribution in [-0.4, -0.2) is 5.75 Å². The first-order valence-electron chi connectivity index (χ1n) is 6.05. The number of rotatable bonds is 4. The number of benzene rings is 2. The molecule has 0 N–H and O–H groups in total. The van der Waals surface area contributed by atoms with Crippen molar-refractivity contribution in [3.63, 3.8) is 0 Å². The highest BCUT2D eigenvalue weighted by atomic mass is 32.1. The molecule has 0 amide bonds. The van der Waals surface area contributed by atoms with Gasteiger partial charge in [-0.1, -0.05) is 67.6 Å². The van der Waals surface area contributed by atoms with Crippen LogP contribution in [0.15, 0.2) is 60.7 Å². The lowest BCUT2D eigenvalue weighted by atomic mass is 9.74. The first-order chi connectivity index (χ1) is 8.33. The summed E-state index contributed by atoms with van der Waals surface area (Å²) >= 11 is 4.60. The van der Waals surface area contributed by atoms with Gasteiger partial charge in [0, 0.05) is 11.2 Å². The maximum Gasteiger partial charge on any atom is 0.0288 e. The minimum absolute atomic E-state index is 0.0334. The van der Waals surface area contributed by atoms with E-state index in [1.165, 1.54) is 11.1 Å². The molecule has 88 valence electrons. The topological polar surface area (TPSA) is 0 Å². The largest absolute Gasteiger partial charge is 0.178 e. The lowest BCUT2D eigenvalue weighted by Crippen LogP contribution is -2.28. The van der Waals surface area contributed by atoms with Crippen LogP contribution in [0, 0.1) is 0 Å². The summed E-state index contributed by atoms with van der Waals surface area (Å²) in [5.41, 5.74) is 2.73. The Bertz CT molecular complexity index is 402. The molecule has 0 saturated heterocycles. The number of thiol groups is 1. The molecule has 1 heteroatoms. The van der Waals surface area contributed by atoms with Crippen molar-refractivity contribution >= 4 is 12.6 Å². The molecule has 0 saturated carbocycles. The van der Waals surface area contributed by atoms with Crippen LogP contribution >= 0.6 is 12.6 Å². The second-order valence-electron chi connectivity index (χ2n) is 4.33. The zero-order valence-electron chi connectivity index (χ0n) is 10.1. The minimum atomic E-state index is 0.0334. The molecular formula is C16H18S. The van der Waals surface area contributed by atoms with Gasteiger partial charge in [-0.25, -0.2) is 0 Å². The fourth-order valence-electron chi connectivity index (χ4n) is 2.38. The van der Waals surface area contributed by atoms with Gasteiger partial charge in [-0.2, -0.15) is 12.6 Å². The first kappa shape index (κ1) is 12.3. The van der Waals surface area contributed by atoms with Gasteiger partial charge < -0.3 is 0 Å². The van der Waals surface area contributed by atoms with Crippen molar-refractivity contribution in [3.8, 4) is 0 Å². The zero-order chi connectivity index (χ0) is 12.1. The first-order valence-corrected chi connectivity index (χ1v) is 6.68. The Labute approximate surface area is 109 Å². The molecule has 0 atom stereocenters. The standard InChI is InChI=1S/C16H18S/c1-2-16(13-17,14-9-5-3-6-10-14)15-11-7-4-8-12-15/h3-12,17H,2,13H2,1H3. The normalized spacial score (nSPS) is 11.4. The van der Waals surface area contributed by atoms with Gasteiger partial charge in [0.15, 0.2) is 0 Å². The molecular weight excluding hydrogens is 224 g/mol. The van der Waals surface area contributed by atoms with Crippen molar-refractivity contribution in [2.75, 3.05) is 5.75 Å². The van der Waals surface area contributed by atoms with Crippen LogP contribution in [0.1, 0.15) is 24.5 Å². The summed E-state index contributed by atoms with van der Waals surface area (Å²) in [4.78, 5) is 0. The van der Waals surface area contributed by atoms with Crippen LogP contribution in [0.25, 0.3) is 0 Å². The Morgan fingerprint density at radius 2 is 1.24 bits per heavy atom. The van der Waals surface area contributed by atoms with Crippen LogP contribution in [0.4, 0.5) is 0 Å². The fourth-order valence-corrected chi connectivity index (χ4v) is 2.97. The third kappa shape index (κ3) is 2.25. The number of hydrogen-bond donors (Lipinski definition) is 1. The molecule has 0 aliphatic rings. The zero-order valence-corrected chi connectivity index (χ0v) is 11.0. The lowest BCUT2D eigenvalue weighted by molar-refractivity contribution is 0.561. The van der Waals surface area contributed by atoms with Gasteiger partial charge >= 0.3 is 0 Å². The summed E-state index contributed by atoms with van der Waals surface area (Å²) in [7, 11) is 0. The van der Waals surface area contributed by atoms with Crippen molar-refractivity contribution in [1.29, 1.82) is 0 Å². The Kier molecular flexibility index (Phi) is 3.90. The molecule has 0 aliphatic carbocycles. The van der Waals surface area contributed by atoms with E-state index in [-0.39, 0.29) is 5.41 Å². The highest BCUT2D eigenvalue weighted by Gasteiger charge is 2.30. The molecule has 0 radical (unpaired) electrons. The van der Waals surface area contributed by atoms with E-state index >= 15 is 0 Å². The Morgan fingerprint density at radius 3 is 1.53 bits per heavy atom. The molecule has 0 bridgehead atoms. The number of hydrogen-bond acceptors (Lipinski definition) is 1. The highest BCUT2D eigenvalue weighted by molar-refractivity contribution is 7.80. The summed E-state index contributed by atoms with van der Waals surface area (Å²) in [5.74, 6) is 0.831. The minimum Gasteiger partial charge on any atom is -0.178 e. The molecule has 2 aromatic carbocycles. The van der Waals surface area contributed by atoms with Crippen LogP contribution < -0.4 is 0 Å². The quantitative estimate of drug-likeness (QED) is 0.759. The SMILES string of the molecule is CCC(CS)(c1ccccc1)c1ccccc1. The van der Waals surface area contributed by atoms with Gasteiger partial charge in [-0.15, -0.1) is 0 Å². The van der Waals surface area contributed by atoms with Gasteiger partial charge in [0.1, 0.15) is 0 Å². The van der Waals surface area contributed by atoms with E-state index in [2.05, 4.69) is 80.2 Å². The van der Waals surface area contributed by atoms with Gasteiger partial charge in [0.25, 0.3) is 0 Å². The maximum atomic E-state index is 4.60. The van der Waals surface area contributed by atoms with E-state index in [0.29, 0.717) is 0 Å². The molecule has 0 unspecified atom stereocenters.